The Bertz CT molecular complexity index is 2620. The maximum absolute atomic E-state index is 9.89. The van der Waals surface area contributed by atoms with Crippen molar-refractivity contribution >= 4 is 45.6 Å². The van der Waals surface area contributed by atoms with Crippen molar-refractivity contribution in [1.29, 1.82) is 10.5 Å². The Balaban J connectivity index is 1.11. The first-order chi connectivity index (χ1) is 26.9. The predicted molar refractivity (Wildman–Crippen MR) is 222 cm³/mol. The van der Waals surface area contributed by atoms with Gasteiger partial charge in [-0.05, 0) is 89.5 Å². The summed E-state index contributed by atoms with van der Waals surface area (Å²) in [5.41, 5.74) is 13.2. The molecule has 0 saturated carbocycles. The molecule has 262 valence electrons. The summed E-state index contributed by atoms with van der Waals surface area (Å²) < 4.78 is 0. The average Bonchev–Trinajstić information content (AvgIpc) is 3.24. The molecule has 0 saturated heterocycles. The molecular weight excluding hydrogens is 673 g/mol. The molecule has 7 aromatic rings. The second-order valence-electron chi connectivity index (χ2n) is 14.4. The van der Waals surface area contributed by atoms with Crippen molar-refractivity contribution in [3.8, 4) is 12.1 Å². The number of rotatable bonds is 6. The Hall–Kier alpha value is -7.41. The van der Waals surface area contributed by atoms with E-state index in [2.05, 4.69) is 162 Å². The summed E-state index contributed by atoms with van der Waals surface area (Å²) in [7, 11) is 0. The van der Waals surface area contributed by atoms with Crippen LogP contribution in [0.25, 0.3) is 0 Å². The summed E-state index contributed by atoms with van der Waals surface area (Å²) in [6.07, 6.45) is 0. The average molecular weight is 709 g/mol. The number of fused-ring (bicyclic) bond motifs is 3. The number of nitriles is 2. The lowest BCUT2D eigenvalue weighted by molar-refractivity contribution is 0.632. The Morgan fingerprint density at radius 3 is 1.71 bits per heavy atom. The van der Waals surface area contributed by atoms with E-state index in [0.717, 1.165) is 45.1 Å². The molecule has 0 aromatic heterocycles. The van der Waals surface area contributed by atoms with Crippen LogP contribution in [0.4, 0.5) is 39.8 Å². The maximum atomic E-state index is 9.89. The first-order valence-electron chi connectivity index (χ1n) is 18.4. The lowest BCUT2D eigenvalue weighted by Gasteiger charge is -2.42. The summed E-state index contributed by atoms with van der Waals surface area (Å²) in [6, 6.07) is 62.6. The van der Waals surface area contributed by atoms with E-state index in [1.807, 2.05) is 36.4 Å². The SMILES string of the molecule is CC1(C)c2ccccc2N(c2ccc(N(c3ccccc3)c3ccc(C4N=C(c5ccccc5)Nc5cc(C#N)c(C#N)cc54)cc3)cc2)c2ccccc21. The summed E-state index contributed by atoms with van der Waals surface area (Å²) in [4.78, 5) is 9.81. The maximum Gasteiger partial charge on any atom is 0.133 e. The zero-order chi connectivity index (χ0) is 37.5. The number of nitrogens with zero attached hydrogens (tertiary/aromatic N) is 5. The van der Waals surface area contributed by atoms with Crippen LogP contribution >= 0.6 is 0 Å². The number of amidine groups is 1. The molecule has 6 nitrogen and oxygen atoms in total. The van der Waals surface area contributed by atoms with E-state index in [9.17, 15) is 10.5 Å². The monoisotopic (exact) mass is 708 g/mol. The molecule has 7 aromatic carbocycles. The molecule has 0 amide bonds. The van der Waals surface area contributed by atoms with E-state index in [1.54, 1.807) is 12.1 Å². The van der Waals surface area contributed by atoms with Crippen molar-refractivity contribution in [3.05, 3.63) is 209 Å². The lowest BCUT2D eigenvalue weighted by atomic mass is 9.73. The molecule has 0 aliphatic carbocycles. The predicted octanol–water partition coefficient (Wildman–Crippen LogP) is 12.0. The number of anilines is 7. The summed E-state index contributed by atoms with van der Waals surface area (Å²) >= 11 is 0. The van der Waals surface area contributed by atoms with Gasteiger partial charge in [-0.15, -0.1) is 0 Å². The van der Waals surface area contributed by atoms with Gasteiger partial charge in [0.05, 0.1) is 22.5 Å². The Morgan fingerprint density at radius 1 is 0.600 bits per heavy atom. The molecule has 6 heteroatoms. The van der Waals surface area contributed by atoms with Crippen molar-refractivity contribution in [1.82, 2.24) is 0 Å². The van der Waals surface area contributed by atoms with Gasteiger partial charge in [-0.1, -0.05) is 111 Å². The van der Waals surface area contributed by atoms with Gasteiger partial charge in [0.1, 0.15) is 24.0 Å². The fraction of sp³-hybridized carbons (Fsp3) is 0.0816. The topological polar surface area (TPSA) is 78.4 Å². The van der Waals surface area contributed by atoms with E-state index in [-0.39, 0.29) is 11.5 Å². The molecule has 0 fully saturated rings. The minimum Gasteiger partial charge on any atom is -0.340 e. The third kappa shape index (κ3) is 5.78. The highest BCUT2D eigenvalue weighted by atomic mass is 15.2. The van der Waals surface area contributed by atoms with Gasteiger partial charge in [0.2, 0.25) is 0 Å². The van der Waals surface area contributed by atoms with Crippen LogP contribution in [0.15, 0.2) is 175 Å². The van der Waals surface area contributed by atoms with Crippen molar-refractivity contribution < 1.29 is 0 Å². The fourth-order valence-electron chi connectivity index (χ4n) is 8.02. The Kier molecular flexibility index (Phi) is 8.23. The quantitative estimate of drug-likeness (QED) is 0.186. The standard InChI is InChI=1S/C49H36N6/c1-49(2)42-17-9-11-19-45(42)55(46-20-12-10-18-43(46)49)40-27-25-39(26-28-40)54(37-15-7-4-8-16-37)38-23-21-33(22-24-38)47-41-29-35(31-50)36(32-51)30-44(41)52-48(53-47)34-13-5-3-6-14-34/h3-30,47H,1-2H3,(H,52,53). The third-order valence-corrected chi connectivity index (χ3v) is 10.8. The number of hydrogen-bond acceptors (Lipinski definition) is 6. The van der Waals surface area contributed by atoms with Crippen molar-refractivity contribution in [2.24, 2.45) is 4.99 Å². The first-order valence-corrected chi connectivity index (χ1v) is 18.4. The van der Waals surface area contributed by atoms with Crippen LogP contribution in [0.1, 0.15) is 58.8 Å². The number of benzene rings is 7. The molecule has 9 rings (SSSR count). The van der Waals surface area contributed by atoms with Gasteiger partial charge in [-0.3, -0.25) is 4.99 Å². The zero-order valence-electron chi connectivity index (χ0n) is 30.5. The van der Waals surface area contributed by atoms with Crippen molar-refractivity contribution in [2.45, 2.75) is 25.3 Å². The molecule has 1 unspecified atom stereocenters. The third-order valence-electron chi connectivity index (χ3n) is 10.8. The van der Waals surface area contributed by atoms with Crippen molar-refractivity contribution in [3.63, 3.8) is 0 Å². The minimum absolute atomic E-state index is 0.123. The number of hydrogen-bond donors (Lipinski definition) is 1. The van der Waals surface area contributed by atoms with E-state index >= 15 is 0 Å². The highest BCUT2D eigenvalue weighted by Gasteiger charge is 2.36. The van der Waals surface area contributed by atoms with Crippen LogP contribution < -0.4 is 15.1 Å². The molecule has 2 aliphatic rings. The van der Waals surface area contributed by atoms with Crippen molar-refractivity contribution in [2.75, 3.05) is 15.1 Å². The van der Waals surface area contributed by atoms with Crippen LogP contribution in [-0.2, 0) is 5.41 Å². The van der Waals surface area contributed by atoms with Crippen LogP contribution in [-0.4, -0.2) is 5.84 Å². The Morgan fingerprint density at radius 2 is 1.11 bits per heavy atom. The van der Waals surface area contributed by atoms with Crippen LogP contribution in [0.5, 0.6) is 0 Å². The number of nitrogens with one attached hydrogen (secondary N) is 1. The molecular formula is C49H36N6. The van der Waals surface area contributed by atoms with Gasteiger partial charge < -0.3 is 15.1 Å². The van der Waals surface area contributed by atoms with E-state index in [1.165, 1.54) is 22.5 Å². The lowest BCUT2D eigenvalue weighted by Crippen LogP contribution is -2.30. The van der Waals surface area contributed by atoms with Gasteiger partial charge in [0.25, 0.3) is 0 Å². The summed E-state index contributed by atoms with van der Waals surface area (Å²) in [6.45, 7) is 4.61. The number of para-hydroxylation sites is 3. The molecule has 55 heavy (non-hydrogen) atoms. The largest absolute Gasteiger partial charge is 0.340 e. The molecule has 0 spiro atoms. The first kappa shape index (κ1) is 33.4. The summed E-state index contributed by atoms with van der Waals surface area (Å²) in [5.74, 6) is 0.712. The fourth-order valence-corrected chi connectivity index (χ4v) is 8.02. The molecule has 1 atom stereocenters. The van der Waals surface area contributed by atoms with E-state index < -0.39 is 0 Å². The normalized spacial score (nSPS) is 14.9. The van der Waals surface area contributed by atoms with Gasteiger partial charge in [0, 0.05) is 45.0 Å². The number of aliphatic imine (C=N–C) groups is 1. The Labute approximate surface area is 321 Å². The summed E-state index contributed by atoms with van der Waals surface area (Å²) in [5, 5.41) is 23.1. The van der Waals surface area contributed by atoms with E-state index in [4.69, 9.17) is 4.99 Å². The van der Waals surface area contributed by atoms with Crippen LogP contribution in [0.3, 0.4) is 0 Å². The molecule has 0 bridgehead atoms. The van der Waals surface area contributed by atoms with Crippen LogP contribution in [0, 0.1) is 22.7 Å². The van der Waals surface area contributed by atoms with E-state index in [0.29, 0.717) is 17.0 Å². The zero-order valence-corrected chi connectivity index (χ0v) is 30.5. The molecule has 2 aliphatic heterocycles. The second-order valence-corrected chi connectivity index (χ2v) is 14.4. The second kappa shape index (κ2) is 13.5. The van der Waals surface area contributed by atoms with Gasteiger partial charge in [0.15, 0.2) is 0 Å². The van der Waals surface area contributed by atoms with Gasteiger partial charge in [-0.2, -0.15) is 10.5 Å². The van der Waals surface area contributed by atoms with Gasteiger partial charge in [-0.25, -0.2) is 0 Å². The highest BCUT2D eigenvalue weighted by Crippen LogP contribution is 2.52. The smallest absolute Gasteiger partial charge is 0.133 e. The highest BCUT2D eigenvalue weighted by molar-refractivity contribution is 6.10. The molecule has 0 radical (unpaired) electrons. The van der Waals surface area contributed by atoms with Gasteiger partial charge >= 0.3 is 0 Å². The van der Waals surface area contributed by atoms with Crippen LogP contribution in [0.2, 0.25) is 0 Å². The molecule has 1 N–H and O–H groups in total. The minimum atomic E-state index is -0.384. The molecule has 2 heterocycles.